The average molecular weight is 335 g/mol. The fourth-order valence-corrected chi connectivity index (χ4v) is 1.75. The molecule has 0 aromatic rings. The van der Waals surface area contributed by atoms with Crippen LogP contribution < -0.4 is 0 Å². The average Bonchev–Trinajstić information content (AvgIpc) is 2.36. The zero-order valence-corrected chi connectivity index (χ0v) is 15.3. The van der Waals surface area contributed by atoms with Crippen molar-refractivity contribution in [2.75, 3.05) is 33.4 Å². The highest BCUT2D eigenvalue weighted by molar-refractivity contribution is 5.67. The zero-order chi connectivity index (χ0) is 18.1. The molecule has 0 aromatic carbocycles. The molecule has 0 aliphatic rings. The predicted molar refractivity (Wildman–Crippen MR) is 87.2 cm³/mol. The number of amides is 1. The summed E-state index contributed by atoms with van der Waals surface area (Å²) in [6.45, 7) is 9.62. The van der Waals surface area contributed by atoms with Gasteiger partial charge in [0.15, 0.2) is 5.79 Å². The van der Waals surface area contributed by atoms with Gasteiger partial charge in [0.25, 0.3) is 0 Å². The molecule has 1 unspecified atom stereocenters. The van der Waals surface area contributed by atoms with E-state index in [0.29, 0.717) is 26.0 Å². The second-order valence-corrected chi connectivity index (χ2v) is 7.03. The van der Waals surface area contributed by atoms with E-state index in [0.717, 1.165) is 0 Å². The fraction of sp³-hybridized carbons (Fsp3) is 0.938. The van der Waals surface area contributed by atoms with E-state index in [2.05, 4.69) is 0 Å². The fourth-order valence-electron chi connectivity index (χ4n) is 1.75. The minimum atomic E-state index is -1.25. The summed E-state index contributed by atoms with van der Waals surface area (Å²) in [5, 5.41) is 18.6. The van der Waals surface area contributed by atoms with Gasteiger partial charge in [0, 0.05) is 20.2 Å². The molecule has 7 heteroatoms. The van der Waals surface area contributed by atoms with Crippen LogP contribution in [0, 0.1) is 0 Å². The summed E-state index contributed by atoms with van der Waals surface area (Å²) >= 11 is 0. The monoisotopic (exact) mass is 335 g/mol. The second kappa shape index (κ2) is 10.1. The van der Waals surface area contributed by atoms with Crippen molar-refractivity contribution >= 4 is 6.09 Å². The van der Waals surface area contributed by atoms with Crippen LogP contribution in [0.2, 0.25) is 0 Å². The molecule has 0 saturated heterocycles. The molecule has 0 aliphatic heterocycles. The third-order valence-corrected chi connectivity index (χ3v) is 2.72. The Morgan fingerprint density at radius 3 is 2.30 bits per heavy atom. The topological polar surface area (TPSA) is 88.5 Å². The molecular formula is C16H33NO6. The van der Waals surface area contributed by atoms with E-state index in [1.807, 2.05) is 20.8 Å². The quantitative estimate of drug-likeness (QED) is 0.467. The smallest absolute Gasteiger partial charge is 0.410 e. The summed E-state index contributed by atoms with van der Waals surface area (Å²) in [5.41, 5.74) is -0.526. The minimum absolute atomic E-state index is 0.0626. The summed E-state index contributed by atoms with van der Waals surface area (Å²) in [6.07, 6.45) is 0.448. The molecule has 138 valence electrons. The van der Waals surface area contributed by atoms with Crippen molar-refractivity contribution < 1.29 is 29.2 Å². The van der Waals surface area contributed by atoms with Crippen molar-refractivity contribution in [1.82, 2.24) is 4.90 Å². The first-order valence-corrected chi connectivity index (χ1v) is 7.97. The van der Waals surface area contributed by atoms with Gasteiger partial charge in [-0.3, -0.25) is 0 Å². The van der Waals surface area contributed by atoms with E-state index in [-0.39, 0.29) is 19.3 Å². The van der Waals surface area contributed by atoms with Crippen LogP contribution >= 0.6 is 0 Å². The van der Waals surface area contributed by atoms with Gasteiger partial charge in [0.1, 0.15) is 5.60 Å². The molecule has 0 heterocycles. The second-order valence-electron chi connectivity index (χ2n) is 7.03. The molecule has 7 nitrogen and oxygen atoms in total. The van der Waals surface area contributed by atoms with Gasteiger partial charge < -0.3 is 29.3 Å². The van der Waals surface area contributed by atoms with Gasteiger partial charge in [-0.2, -0.15) is 0 Å². The first-order valence-electron chi connectivity index (χ1n) is 7.97. The van der Waals surface area contributed by atoms with Crippen LogP contribution in [0.3, 0.4) is 0 Å². The number of aliphatic hydroxyl groups is 2. The Balaban J connectivity index is 4.11. The number of rotatable bonds is 10. The molecule has 0 bridgehead atoms. The number of likely N-dealkylation sites (N-methyl/N-ethyl adjacent to an activating group) is 1. The molecule has 0 saturated carbocycles. The normalized spacial score (nSPS) is 13.7. The van der Waals surface area contributed by atoms with E-state index in [1.165, 1.54) is 4.90 Å². The maximum Gasteiger partial charge on any atom is 0.410 e. The van der Waals surface area contributed by atoms with E-state index in [4.69, 9.17) is 19.3 Å². The maximum absolute atomic E-state index is 11.8. The Bertz CT molecular complexity index is 334. The summed E-state index contributed by atoms with van der Waals surface area (Å²) < 4.78 is 16.2. The van der Waals surface area contributed by atoms with Gasteiger partial charge in [0.05, 0.1) is 19.3 Å². The molecule has 1 atom stereocenters. The molecule has 23 heavy (non-hydrogen) atoms. The van der Waals surface area contributed by atoms with Gasteiger partial charge in [-0.25, -0.2) is 4.79 Å². The van der Waals surface area contributed by atoms with E-state index >= 15 is 0 Å². The number of nitrogens with zero attached hydrogens (tertiary/aromatic N) is 1. The van der Waals surface area contributed by atoms with Crippen molar-refractivity contribution in [2.24, 2.45) is 0 Å². The molecule has 1 amide bonds. The van der Waals surface area contributed by atoms with Crippen LogP contribution in [0.5, 0.6) is 0 Å². The molecule has 0 rings (SSSR count). The Kier molecular flexibility index (Phi) is 9.68. The van der Waals surface area contributed by atoms with Crippen LogP contribution in [0.1, 0.15) is 47.5 Å². The molecule has 0 radical (unpaired) electrons. The van der Waals surface area contributed by atoms with Gasteiger partial charge in [-0.1, -0.05) is 0 Å². The highest BCUT2D eigenvalue weighted by Crippen LogP contribution is 2.13. The van der Waals surface area contributed by atoms with E-state index < -0.39 is 17.5 Å². The molecule has 0 aromatic heterocycles. The Hall–Kier alpha value is -0.890. The summed E-state index contributed by atoms with van der Waals surface area (Å²) in [4.78, 5) is 13.2. The van der Waals surface area contributed by atoms with E-state index in [9.17, 15) is 9.90 Å². The SMILES string of the molecule is CN(CCOCC(CCCO)OC(C)(C)O)C(=O)OC(C)(C)C. The lowest BCUT2D eigenvalue weighted by Crippen LogP contribution is -2.37. The maximum atomic E-state index is 11.8. The van der Waals surface area contributed by atoms with Crippen LogP contribution in [0.25, 0.3) is 0 Å². The van der Waals surface area contributed by atoms with Gasteiger partial charge >= 0.3 is 6.09 Å². The number of hydrogen-bond donors (Lipinski definition) is 2. The number of hydrogen-bond acceptors (Lipinski definition) is 6. The largest absolute Gasteiger partial charge is 0.444 e. The van der Waals surface area contributed by atoms with Gasteiger partial charge in [-0.05, 0) is 47.5 Å². The third-order valence-electron chi connectivity index (χ3n) is 2.72. The molecule has 0 aliphatic carbocycles. The Morgan fingerprint density at radius 1 is 1.22 bits per heavy atom. The number of aliphatic hydroxyl groups excluding tert-OH is 1. The lowest BCUT2D eigenvalue weighted by Gasteiger charge is -2.27. The van der Waals surface area contributed by atoms with Crippen molar-refractivity contribution in [1.29, 1.82) is 0 Å². The Morgan fingerprint density at radius 2 is 1.83 bits per heavy atom. The molecule has 0 spiro atoms. The van der Waals surface area contributed by atoms with Crippen LogP contribution in [0.15, 0.2) is 0 Å². The highest BCUT2D eigenvalue weighted by atomic mass is 16.6. The summed E-state index contributed by atoms with van der Waals surface area (Å²) in [5.74, 6) is -1.25. The zero-order valence-electron chi connectivity index (χ0n) is 15.3. The Labute approximate surface area is 139 Å². The third kappa shape index (κ3) is 13.3. The number of carbonyl (C=O) groups excluding carboxylic acids is 1. The van der Waals surface area contributed by atoms with Gasteiger partial charge in [0.2, 0.25) is 0 Å². The first-order chi connectivity index (χ1) is 10.4. The van der Waals surface area contributed by atoms with Crippen LogP contribution in [0.4, 0.5) is 4.79 Å². The first kappa shape index (κ1) is 22.1. The van der Waals surface area contributed by atoms with Crippen molar-refractivity contribution in [2.45, 2.75) is 65.0 Å². The summed E-state index contributed by atoms with van der Waals surface area (Å²) in [6, 6.07) is 0. The lowest BCUT2D eigenvalue weighted by molar-refractivity contribution is -0.217. The highest BCUT2D eigenvalue weighted by Gasteiger charge is 2.21. The van der Waals surface area contributed by atoms with E-state index in [1.54, 1.807) is 20.9 Å². The molecule has 0 fully saturated rings. The number of carbonyl (C=O) groups is 1. The van der Waals surface area contributed by atoms with Crippen molar-refractivity contribution in [3.05, 3.63) is 0 Å². The molecular weight excluding hydrogens is 302 g/mol. The van der Waals surface area contributed by atoms with Crippen molar-refractivity contribution in [3.63, 3.8) is 0 Å². The summed E-state index contributed by atoms with van der Waals surface area (Å²) in [7, 11) is 1.65. The lowest BCUT2D eigenvalue weighted by atomic mass is 10.2. The van der Waals surface area contributed by atoms with Gasteiger partial charge in [-0.15, -0.1) is 0 Å². The van der Waals surface area contributed by atoms with Crippen molar-refractivity contribution in [3.8, 4) is 0 Å². The number of ether oxygens (including phenoxy) is 3. The predicted octanol–water partition coefficient (Wildman–Crippen LogP) is 1.76. The standard InChI is InChI=1S/C16H33NO6/c1-15(2,3)23-14(19)17(6)9-11-21-12-13(8-7-10-18)22-16(4,5)20/h13,18,20H,7-12H2,1-6H3. The van der Waals surface area contributed by atoms with Crippen LogP contribution in [-0.4, -0.2) is 72.1 Å². The minimum Gasteiger partial charge on any atom is -0.444 e. The molecule has 2 N–H and O–H groups in total. The van der Waals surface area contributed by atoms with Crippen LogP contribution in [-0.2, 0) is 14.2 Å².